The summed E-state index contributed by atoms with van der Waals surface area (Å²) in [4.78, 5) is 34.4. The van der Waals surface area contributed by atoms with E-state index in [4.69, 9.17) is 24.1 Å². The molecule has 3 atom stereocenters. The molecule has 0 aliphatic carbocycles. The summed E-state index contributed by atoms with van der Waals surface area (Å²) in [6.07, 6.45) is -0.341. The highest BCUT2D eigenvalue weighted by atomic mass is 16.6. The van der Waals surface area contributed by atoms with Gasteiger partial charge in [0.2, 0.25) is 0 Å². The molecule has 0 amide bonds. The van der Waals surface area contributed by atoms with Crippen LogP contribution in [0.15, 0.2) is 0 Å². The number of carbonyl (C=O) groups excluding carboxylic acids is 3. The first-order valence-corrected chi connectivity index (χ1v) is 8.99. The maximum absolute atomic E-state index is 11.7. The second kappa shape index (κ2) is 13.5. The fraction of sp³-hybridized carbons (Fsp3) is 0.833. The van der Waals surface area contributed by atoms with Crippen molar-refractivity contribution in [1.82, 2.24) is 0 Å². The van der Waals surface area contributed by atoms with Gasteiger partial charge in [0, 0.05) is 6.42 Å². The Labute approximate surface area is 155 Å². The standard InChI is InChI=1S/C18H32O8/c1-12(2)24-11-13(3)25-16(20)9-7-6-8-10-23-18(22)15(5)26-17(21)14(4)19/h12-15,19H,6-11H2,1-5H3. The Morgan fingerprint density at radius 2 is 1.54 bits per heavy atom. The molecule has 1 N–H and O–H groups in total. The van der Waals surface area contributed by atoms with Crippen molar-refractivity contribution >= 4 is 17.9 Å². The number of aliphatic hydroxyl groups is 1. The van der Waals surface area contributed by atoms with Crippen LogP contribution in [0.4, 0.5) is 0 Å². The maximum atomic E-state index is 11.7. The van der Waals surface area contributed by atoms with Crippen LogP contribution in [0.2, 0.25) is 0 Å². The van der Waals surface area contributed by atoms with Gasteiger partial charge in [0.15, 0.2) is 6.10 Å². The van der Waals surface area contributed by atoms with Gasteiger partial charge in [-0.05, 0) is 53.9 Å². The van der Waals surface area contributed by atoms with E-state index in [1.807, 2.05) is 13.8 Å². The van der Waals surface area contributed by atoms with Crippen molar-refractivity contribution in [2.75, 3.05) is 13.2 Å². The minimum absolute atomic E-state index is 0.0946. The first-order chi connectivity index (χ1) is 12.1. The Hall–Kier alpha value is -1.67. The normalized spacial score (nSPS) is 14.4. The summed E-state index contributed by atoms with van der Waals surface area (Å²) in [6, 6.07) is 0. The number of hydrogen-bond donors (Lipinski definition) is 1. The van der Waals surface area contributed by atoms with Crippen LogP contribution in [0.1, 0.15) is 60.3 Å². The average Bonchev–Trinajstić information content (AvgIpc) is 2.55. The lowest BCUT2D eigenvalue weighted by Crippen LogP contribution is -2.30. The van der Waals surface area contributed by atoms with Gasteiger partial charge in [-0.3, -0.25) is 4.79 Å². The Morgan fingerprint density at radius 3 is 2.12 bits per heavy atom. The van der Waals surface area contributed by atoms with E-state index >= 15 is 0 Å². The van der Waals surface area contributed by atoms with Crippen molar-refractivity contribution in [3.8, 4) is 0 Å². The first-order valence-electron chi connectivity index (χ1n) is 8.99. The minimum atomic E-state index is -1.29. The number of hydrogen-bond acceptors (Lipinski definition) is 8. The molecule has 152 valence electrons. The SMILES string of the molecule is CC(C)OCC(C)OC(=O)CCCCCOC(=O)C(C)OC(=O)C(C)O. The highest BCUT2D eigenvalue weighted by molar-refractivity contribution is 5.80. The van der Waals surface area contributed by atoms with E-state index in [1.54, 1.807) is 6.92 Å². The van der Waals surface area contributed by atoms with Gasteiger partial charge >= 0.3 is 17.9 Å². The molecule has 0 aromatic carbocycles. The van der Waals surface area contributed by atoms with E-state index in [0.29, 0.717) is 32.3 Å². The molecule has 3 unspecified atom stereocenters. The summed E-state index contributed by atoms with van der Waals surface area (Å²) in [6.45, 7) is 8.79. The minimum Gasteiger partial charge on any atom is -0.463 e. The van der Waals surface area contributed by atoms with Crippen LogP contribution in [0, 0.1) is 0 Å². The summed E-state index contributed by atoms with van der Waals surface area (Å²) in [7, 11) is 0. The van der Waals surface area contributed by atoms with Crippen molar-refractivity contribution in [1.29, 1.82) is 0 Å². The third-order valence-corrected chi connectivity index (χ3v) is 3.23. The molecule has 8 nitrogen and oxygen atoms in total. The topological polar surface area (TPSA) is 108 Å². The first kappa shape index (κ1) is 24.3. The molecule has 0 rings (SSSR count). The third kappa shape index (κ3) is 12.7. The predicted octanol–water partition coefficient (Wildman–Crippen LogP) is 1.76. The summed E-state index contributed by atoms with van der Waals surface area (Å²) >= 11 is 0. The quantitative estimate of drug-likeness (QED) is 0.294. The molecule has 0 bridgehead atoms. The van der Waals surface area contributed by atoms with Crippen LogP contribution in [0.3, 0.4) is 0 Å². The zero-order valence-electron chi connectivity index (χ0n) is 16.4. The molecular formula is C18H32O8. The fourth-order valence-corrected chi connectivity index (χ4v) is 1.80. The molecule has 0 heterocycles. The molecule has 0 aliphatic rings. The molecule has 0 aromatic rings. The maximum Gasteiger partial charge on any atom is 0.347 e. The molecule has 0 aromatic heterocycles. The van der Waals surface area contributed by atoms with Crippen molar-refractivity contribution in [2.45, 2.75) is 84.7 Å². The van der Waals surface area contributed by atoms with E-state index in [-0.39, 0.29) is 24.8 Å². The van der Waals surface area contributed by atoms with Crippen LogP contribution in [0.5, 0.6) is 0 Å². The molecule has 0 radical (unpaired) electrons. The lowest BCUT2D eigenvalue weighted by Gasteiger charge is -2.15. The van der Waals surface area contributed by atoms with Gasteiger partial charge < -0.3 is 24.1 Å². The van der Waals surface area contributed by atoms with Gasteiger partial charge in [0.25, 0.3) is 0 Å². The summed E-state index contributed by atoms with van der Waals surface area (Å²) in [5.74, 6) is -1.82. The second-order valence-corrected chi connectivity index (χ2v) is 6.42. The van der Waals surface area contributed by atoms with Crippen LogP contribution in [-0.2, 0) is 33.3 Å². The molecule has 0 fully saturated rings. The van der Waals surface area contributed by atoms with Gasteiger partial charge in [-0.1, -0.05) is 0 Å². The number of aliphatic hydroxyl groups excluding tert-OH is 1. The zero-order valence-corrected chi connectivity index (χ0v) is 16.4. The molecule has 0 saturated carbocycles. The zero-order chi connectivity index (χ0) is 20.1. The van der Waals surface area contributed by atoms with Crippen LogP contribution in [0.25, 0.3) is 0 Å². The second-order valence-electron chi connectivity index (χ2n) is 6.42. The van der Waals surface area contributed by atoms with E-state index in [2.05, 4.69) is 0 Å². The van der Waals surface area contributed by atoms with E-state index < -0.39 is 24.1 Å². The Kier molecular flexibility index (Phi) is 12.7. The Balaban J connectivity index is 3.72. The number of carbonyl (C=O) groups is 3. The van der Waals surface area contributed by atoms with Crippen LogP contribution in [-0.4, -0.2) is 60.6 Å². The van der Waals surface area contributed by atoms with Gasteiger partial charge in [0.05, 0.1) is 19.3 Å². The summed E-state index contributed by atoms with van der Waals surface area (Å²) in [5.41, 5.74) is 0. The van der Waals surface area contributed by atoms with E-state index in [1.165, 1.54) is 13.8 Å². The van der Waals surface area contributed by atoms with Crippen molar-refractivity contribution in [3.05, 3.63) is 0 Å². The van der Waals surface area contributed by atoms with Crippen molar-refractivity contribution < 1.29 is 38.4 Å². The van der Waals surface area contributed by atoms with Gasteiger partial charge in [-0.25, -0.2) is 9.59 Å². The van der Waals surface area contributed by atoms with Crippen LogP contribution >= 0.6 is 0 Å². The largest absolute Gasteiger partial charge is 0.463 e. The van der Waals surface area contributed by atoms with Gasteiger partial charge in [0.1, 0.15) is 12.2 Å². The number of rotatable bonds is 13. The van der Waals surface area contributed by atoms with Crippen molar-refractivity contribution in [2.24, 2.45) is 0 Å². The smallest absolute Gasteiger partial charge is 0.347 e. The monoisotopic (exact) mass is 376 g/mol. The van der Waals surface area contributed by atoms with E-state index in [9.17, 15) is 14.4 Å². The Morgan fingerprint density at radius 1 is 0.885 bits per heavy atom. The number of esters is 3. The summed E-state index contributed by atoms with van der Waals surface area (Å²) in [5, 5.41) is 9.01. The van der Waals surface area contributed by atoms with E-state index in [0.717, 1.165) is 0 Å². The highest BCUT2D eigenvalue weighted by Gasteiger charge is 2.21. The highest BCUT2D eigenvalue weighted by Crippen LogP contribution is 2.06. The average molecular weight is 376 g/mol. The molecular weight excluding hydrogens is 344 g/mol. The molecule has 0 saturated heterocycles. The lowest BCUT2D eigenvalue weighted by atomic mass is 10.2. The molecule has 26 heavy (non-hydrogen) atoms. The third-order valence-electron chi connectivity index (χ3n) is 3.23. The summed E-state index contributed by atoms with van der Waals surface area (Å²) < 4.78 is 20.3. The number of unbranched alkanes of at least 4 members (excludes halogenated alkanes) is 2. The fourth-order valence-electron chi connectivity index (χ4n) is 1.80. The van der Waals surface area contributed by atoms with Crippen molar-refractivity contribution in [3.63, 3.8) is 0 Å². The molecule has 8 heteroatoms. The van der Waals surface area contributed by atoms with Gasteiger partial charge in [-0.15, -0.1) is 0 Å². The number of ether oxygens (including phenoxy) is 4. The molecule has 0 spiro atoms. The molecule has 0 aliphatic heterocycles. The predicted molar refractivity (Wildman–Crippen MR) is 93.3 cm³/mol. The lowest BCUT2D eigenvalue weighted by molar-refractivity contribution is -0.171. The van der Waals surface area contributed by atoms with Gasteiger partial charge in [-0.2, -0.15) is 0 Å². The Bertz CT molecular complexity index is 433. The van der Waals surface area contributed by atoms with Crippen LogP contribution < -0.4 is 0 Å².